The summed E-state index contributed by atoms with van der Waals surface area (Å²) in [6.45, 7) is 5.36. The summed E-state index contributed by atoms with van der Waals surface area (Å²) in [4.78, 5) is 2.51. The molecule has 0 radical (unpaired) electrons. The van der Waals surface area contributed by atoms with Gasteiger partial charge in [-0.25, -0.2) is 0 Å². The molecule has 32 heavy (non-hydrogen) atoms. The molecule has 5 heteroatoms. The van der Waals surface area contributed by atoms with Crippen LogP contribution in [-0.4, -0.2) is 66.8 Å². The third-order valence-electron chi connectivity index (χ3n) is 7.25. The number of hydrogen-bond donors (Lipinski definition) is 2. The Kier molecular flexibility index (Phi) is 8.80. The fourth-order valence-electron chi connectivity index (χ4n) is 5.49. The molecular weight excluding hydrogens is 402 g/mol. The van der Waals surface area contributed by atoms with E-state index in [0.717, 1.165) is 44.9 Å². The smallest absolute Gasteiger partial charge is 0.119 e. The van der Waals surface area contributed by atoms with Crippen molar-refractivity contribution in [1.82, 2.24) is 4.90 Å². The van der Waals surface area contributed by atoms with Crippen molar-refractivity contribution in [3.8, 4) is 5.75 Å². The van der Waals surface area contributed by atoms with Gasteiger partial charge in [-0.1, -0.05) is 48.4 Å². The molecule has 0 aromatic heterocycles. The Morgan fingerprint density at radius 1 is 1.12 bits per heavy atom. The summed E-state index contributed by atoms with van der Waals surface area (Å²) in [6, 6.07) is 9.55. The summed E-state index contributed by atoms with van der Waals surface area (Å²) in [5.41, 5.74) is 1.57. The second kappa shape index (κ2) is 12.0. The molecule has 0 unspecified atom stereocenters. The predicted octanol–water partition coefficient (Wildman–Crippen LogP) is 3.82. The van der Waals surface area contributed by atoms with Crippen LogP contribution in [0.2, 0.25) is 0 Å². The van der Waals surface area contributed by atoms with E-state index in [9.17, 15) is 10.2 Å². The molecule has 176 valence electrons. The molecule has 1 saturated heterocycles. The zero-order valence-corrected chi connectivity index (χ0v) is 19.1. The van der Waals surface area contributed by atoms with Crippen LogP contribution >= 0.6 is 0 Å². The number of rotatable bonds is 11. The van der Waals surface area contributed by atoms with Gasteiger partial charge in [-0.3, -0.25) is 4.90 Å². The van der Waals surface area contributed by atoms with Crippen molar-refractivity contribution in [2.24, 2.45) is 17.8 Å². The maximum absolute atomic E-state index is 10.6. The van der Waals surface area contributed by atoms with Crippen molar-refractivity contribution in [2.45, 2.75) is 50.7 Å². The molecule has 4 rings (SSSR count). The number of hydrogen-bond acceptors (Lipinski definition) is 5. The third kappa shape index (κ3) is 6.67. The number of aliphatic hydroxyl groups excluding tert-OH is 2. The number of nitrogens with zero attached hydrogens (tertiary/aromatic N) is 1. The minimum Gasteiger partial charge on any atom is -0.491 e. The summed E-state index contributed by atoms with van der Waals surface area (Å²) < 4.78 is 11.0. The van der Waals surface area contributed by atoms with Crippen molar-refractivity contribution in [2.75, 3.05) is 39.5 Å². The highest BCUT2D eigenvalue weighted by molar-refractivity contribution is 5.22. The number of benzene rings is 1. The molecule has 0 bridgehead atoms. The lowest BCUT2D eigenvalue weighted by molar-refractivity contribution is 0.0371. The monoisotopic (exact) mass is 441 g/mol. The van der Waals surface area contributed by atoms with E-state index in [0.29, 0.717) is 11.8 Å². The number of morpholine rings is 1. The summed E-state index contributed by atoms with van der Waals surface area (Å²) in [5, 5.41) is 20.9. The van der Waals surface area contributed by atoms with Gasteiger partial charge in [0.25, 0.3) is 0 Å². The number of para-hydroxylation sites is 1. The molecule has 0 spiro atoms. The highest BCUT2D eigenvalue weighted by Gasteiger charge is 2.43. The molecule has 3 aliphatic rings. The van der Waals surface area contributed by atoms with Crippen molar-refractivity contribution in [3.05, 3.63) is 54.1 Å². The van der Waals surface area contributed by atoms with Crippen LogP contribution in [0.25, 0.3) is 0 Å². The summed E-state index contributed by atoms with van der Waals surface area (Å²) >= 11 is 0. The van der Waals surface area contributed by atoms with Crippen LogP contribution in [0.15, 0.2) is 54.1 Å². The van der Waals surface area contributed by atoms with E-state index in [-0.39, 0.29) is 18.6 Å². The Morgan fingerprint density at radius 3 is 2.75 bits per heavy atom. The van der Waals surface area contributed by atoms with Gasteiger partial charge in [0.1, 0.15) is 18.5 Å². The van der Waals surface area contributed by atoms with Crippen molar-refractivity contribution in [1.29, 1.82) is 0 Å². The molecule has 0 amide bonds. The van der Waals surface area contributed by atoms with E-state index >= 15 is 0 Å². The molecule has 1 aliphatic heterocycles. The quantitative estimate of drug-likeness (QED) is 0.404. The first-order valence-electron chi connectivity index (χ1n) is 12.4. The molecule has 2 N–H and O–H groups in total. The third-order valence-corrected chi connectivity index (χ3v) is 7.25. The van der Waals surface area contributed by atoms with Gasteiger partial charge in [0.2, 0.25) is 0 Å². The van der Waals surface area contributed by atoms with Crippen LogP contribution in [0, 0.1) is 17.8 Å². The van der Waals surface area contributed by atoms with Crippen LogP contribution in [0.5, 0.6) is 5.75 Å². The summed E-state index contributed by atoms with van der Waals surface area (Å²) in [7, 11) is 0. The number of ether oxygens (including phenoxy) is 2. The van der Waals surface area contributed by atoms with Gasteiger partial charge in [0.15, 0.2) is 0 Å². The van der Waals surface area contributed by atoms with Crippen LogP contribution in [-0.2, 0) is 4.74 Å². The van der Waals surface area contributed by atoms with Gasteiger partial charge < -0.3 is 19.7 Å². The molecule has 1 heterocycles. The number of aliphatic hydroxyl groups is 2. The van der Waals surface area contributed by atoms with Gasteiger partial charge >= 0.3 is 0 Å². The van der Waals surface area contributed by atoms with E-state index in [1.54, 1.807) is 5.57 Å². The zero-order chi connectivity index (χ0) is 22.2. The lowest BCUT2D eigenvalue weighted by Gasteiger charge is -2.26. The highest BCUT2D eigenvalue weighted by atomic mass is 16.5. The normalized spacial score (nSPS) is 29.2. The Balaban J connectivity index is 1.16. The Hall–Kier alpha value is -1.66. The van der Waals surface area contributed by atoms with Gasteiger partial charge in [0, 0.05) is 19.0 Å². The molecule has 5 nitrogen and oxygen atoms in total. The van der Waals surface area contributed by atoms with Crippen LogP contribution < -0.4 is 4.74 Å². The van der Waals surface area contributed by atoms with Gasteiger partial charge in [-0.05, 0) is 62.6 Å². The highest BCUT2D eigenvalue weighted by Crippen LogP contribution is 2.48. The van der Waals surface area contributed by atoms with Crippen LogP contribution in [0.3, 0.4) is 0 Å². The Bertz CT molecular complexity index is 743. The average Bonchev–Trinajstić information content (AvgIpc) is 3.33. The van der Waals surface area contributed by atoms with Crippen molar-refractivity contribution >= 4 is 0 Å². The molecule has 1 aromatic rings. The van der Waals surface area contributed by atoms with Crippen molar-refractivity contribution in [3.63, 3.8) is 0 Å². The first-order chi connectivity index (χ1) is 15.7. The van der Waals surface area contributed by atoms with E-state index in [2.05, 4.69) is 11.0 Å². The standard InChI is InChI=1S/C27H39NO4/c29-23(20-32-24-8-4-1-5-9-24)10-11-25-26-18-21(17-22(26)19-27(25)30)7-3-2-6-12-28-13-15-31-16-14-28/h1,4-5,8-11,17,22-23,25-27,29-30H,2-3,6-7,12-16,18-20H2/b11-10+/t22-,23+,25+,26-,27+/m0/s1. The maximum atomic E-state index is 10.6. The predicted molar refractivity (Wildman–Crippen MR) is 127 cm³/mol. The molecule has 2 aliphatic carbocycles. The van der Waals surface area contributed by atoms with Gasteiger partial charge in [-0.2, -0.15) is 0 Å². The minimum absolute atomic E-state index is 0.126. The zero-order valence-electron chi connectivity index (χ0n) is 19.1. The second-order valence-corrected chi connectivity index (χ2v) is 9.58. The van der Waals surface area contributed by atoms with E-state index in [1.807, 2.05) is 42.5 Å². The van der Waals surface area contributed by atoms with Crippen LogP contribution in [0.4, 0.5) is 0 Å². The molecular formula is C27H39NO4. The van der Waals surface area contributed by atoms with Gasteiger partial charge in [0.05, 0.1) is 19.3 Å². The van der Waals surface area contributed by atoms with E-state index < -0.39 is 6.10 Å². The molecule has 2 fully saturated rings. The lowest BCUT2D eigenvalue weighted by atomic mass is 9.88. The Morgan fingerprint density at radius 2 is 1.94 bits per heavy atom. The summed E-state index contributed by atoms with van der Waals surface area (Å²) in [5.74, 6) is 1.85. The number of fused-ring (bicyclic) bond motifs is 1. The van der Waals surface area contributed by atoms with Crippen molar-refractivity contribution < 1.29 is 19.7 Å². The van der Waals surface area contributed by atoms with Gasteiger partial charge in [-0.15, -0.1) is 0 Å². The lowest BCUT2D eigenvalue weighted by Crippen LogP contribution is -2.36. The average molecular weight is 442 g/mol. The first-order valence-corrected chi connectivity index (χ1v) is 12.4. The SMILES string of the molecule is O[C@H](/C=C/[C@@H]1[C@H]2CC(CCCCCN3CCOCC3)=C[C@H]2C[C@H]1O)COc1ccccc1. The molecule has 1 aromatic carbocycles. The summed E-state index contributed by atoms with van der Waals surface area (Å²) in [6.07, 6.45) is 12.3. The fraction of sp³-hybridized carbons (Fsp3) is 0.630. The maximum Gasteiger partial charge on any atom is 0.119 e. The Labute approximate surface area is 192 Å². The topological polar surface area (TPSA) is 62.2 Å². The van der Waals surface area contributed by atoms with Crippen LogP contribution in [0.1, 0.15) is 38.5 Å². The molecule has 1 saturated carbocycles. The largest absolute Gasteiger partial charge is 0.491 e. The van der Waals surface area contributed by atoms with E-state index in [1.165, 1.54) is 32.2 Å². The first kappa shape index (κ1) is 23.5. The van der Waals surface area contributed by atoms with E-state index in [4.69, 9.17) is 9.47 Å². The molecule has 5 atom stereocenters. The fourth-order valence-corrected chi connectivity index (χ4v) is 5.49. The minimum atomic E-state index is -0.665. The number of unbranched alkanes of at least 4 members (excludes halogenated alkanes) is 2. The second-order valence-electron chi connectivity index (χ2n) is 9.58. The number of allylic oxidation sites excluding steroid dienone is 2.